The molecule has 0 radical (unpaired) electrons. The van der Waals surface area contributed by atoms with Gasteiger partial charge in [-0.3, -0.25) is 0 Å². The van der Waals surface area contributed by atoms with E-state index in [4.69, 9.17) is 4.74 Å². The van der Waals surface area contributed by atoms with Crippen molar-refractivity contribution in [1.82, 2.24) is 9.97 Å². The fourth-order valence-corrected chi connectivity index (χ4v) is 4.09. The third-order valence-corrected chi connectivity index (χ3v) is 5.77. The van der Waals surface area contributed by atoms with Gasteiger partial charge in [0.2, 0.25) is 0 Å². The summed E-state index contributed by atoms with van der Waals surface area (Å²) < 4.78 is 5.86. The van der Waals surface area contributed by atoms with E-state index in [1.54, 1.807) is 17.7 Å². The highest BCUT2D eigenvalue weighted by Gasteiger charge is 2.13. The number of anilines is 1. The van der Waals surface area contributed by atoms with Crippen molar-refractivity contribution in [3.05, 3.63) is 59.2 Å². The number of fused-ring (bicyclic) bond motifs is 2. The first-order chi connectivity index (χ1) is 13.1. The molecule has 2 aromatic carbocycles. The molecule has 0 bridgehead atoms. The van der Waals surface area contributed by atoms with Crippen molar-refractivity contribution in [2.24, 2.45) is 0 Å². The van der Waals surface area contributed by atoms with Gasteiger partial charge in [-0.25, -0.2) is 9.97 Å². The molecule has 138 valence electrons. The van der Waals surface area contributed by atoms with E-state index in [1.165, 1.54) is 10.4 Å². The minimum atomic E-state index is -0.658. The molecular formula is C21H21N3O2S. The molecule has 5 nitrogen and oxygen atoms in total. The van der Waals surface area contributed by atoms with E-state index < -0.39 is 6.10 Å². The number of hydrogen-bond donors (Lipinski definition) is 2. The maximum absolute atomic E-state index is 10.4. The number of rotatable bonds is 6. The van der Waals surface area contributed by atoms with Gasteiger partial charge in [0, 0.05) is 16.8 Å². The van der Waals surface area contributed by atoms with E-state index >= 15 is 0 Å². The quantitative estimate of drug-likeness (QED) is 0.522. The SMILES string of the molecule is Cc1sc2ncnc(NCC(O)COc3cccc4ccccc34)c2c1C. The van der Waals surface area contributed by atoms with Crippen LogP contribution in [-0.4, -0.2) is 34.3 Å². The number of nitrogens with one attached hydrogen (secondary N) is 1. The molecule has 0 amide bonds. The van der Waals surface area contributed by atoms with Gasteiger partial charge in [-0.2, -0.15) is 0 Å². The van der Waals surface area contributed by atoms with Crippen LogP contribution in [0.4, 0.5) is 5.82 Å². The van der Waals surface area contributed by atoms with E-state index in [2.05, 4.69) is 29.1 Å². The lowest BCUT2D eigenvalue weighted by atomic mass is 10.1. The Morgan fingerprint density at radius 1 is 1.11 bits per heavy atom. The van der Waals surface area contributed by atoms with Gasteiger partial charge in [-0.05, 0) is 30.9 Å². The minimum absolute atomic E-state index is 0.205. The summed E-state index contributed by atoms with van der Waals surface area (Å²) in [5, 5.41) is 16.8. The summed E-state index contributed by atoms with van der Waals surface area (Å²) in [4.78, 5) is 10.9. The highest BCUT2D eigenvalue weighted by atomic mass is 32.1. The maximum atomic E-state index is 10.4. The number of hydrogen-bond acceptors (Lipinski definition) is 6. The molecule has 6 heteroatoms. The number of benzene rings is 2. The molecule has 1 atom stereocenters. The molecule has 2 aromatic heterocycles. The van der Waals surface area contributed by atoms with Crippen LogP contribution in [0.25, 0.3) is 21.0 Å². The molecule has 0 saturated heterocycles. The van der Waals surface area contributed by atoms with Crippen LogP contribution in [0.3, 0.4) is 0 Å². The summed E-state index contributed by atoms with van der Waals surface area (Å²) in [6.45, 7) is 4.71. The van der Waals surface area contributed by atoms with Crippen molar-refractivity contribution in [2.45, 2.75) is 20.0 Å². The van der Waals surface area contributed by atoms with Crippen molar-refractivity contribution in [3.8, 4) is 5.75 Å². The lowest BCUT2D eigenvalue weighted by Gasteiger charge is -2.15. The highest BCUT2D eigenvalue weighted by Crippen LogP contribution is 2.32. The van der Waals surface area contributed by atoms with Crippen LogP contribution in [0.15, 0.2) is 48.8 Å². The van der Waals surface area contributed by atoms with Crippen LogP contribution in [0.5, 0.6) is 5.75 Å². The van der Waals surface area contributed by atoms with E-state index in [9.17, 15) is 5.11 Å². The largest absolute Gasteiger partial charge is 0.490 e. The number of aliphatic hydroxyl groups excluding tert-OH is 1. The zero-order valence-corrected chi connectivity index (χ0v) is 16.1. The van der Waals surface area contributed by atoms with Crippen molar-refractivity contribution in [2.75, 3.05) is 18.5 Å². The van der Waals surface area contributed by atoms with E-state index in [0.717, 1.165) is 32.6 Å². The zero-order chi connectivity index (χ0) is 18.8. The number of thiophene rings is 1. The number of aromatic nitrogens is 2. The Balaban J connectivity index is 1.42. The monoisotopic (exact) mass is 379 g/mol. The zero-order valence-electron chi connectivity index (χ0n) is 15.3. The van der Waals surface area contributed by atoms with Crippen LogP contribution in [0.1, 0.15) is 10.4 Å². The van der Waals surface area contributed by atoms with E-state index in [-0.39, 0.29) is 6.61 Å². The molecule has 0 aliphatic carbocycles. The third-order valence-electron chi connectivity index (χ3n) is 4.65. The van der Waals surface area contributed by atoms with Gasteiger partial charge in [0.05, 0.1) is 5.39 Å². The van der Waals surface area contributed by atoms with Gasteiger partial charge in [-0.1, -0.05) is 36.4 Å². The minimum Gasteiger partial charge on any atom is -0.490 e. The van der Waals surface area contributed by atoms with Crippen LogP contribution < -0.4 is 10.1 Å². The second-order valence-electron chi connectivity index (χ2n) is 6.51. The normalized spacial score (nSPS) is 12.4. The van der Waals surface area contributed by atoms with Crippen molar-refractivity contribution in [3.63, 3.8) is 0 Å². The number of ether oxygens (including phenoxy) is 1. The van der Waals surface area contributed by atoms with Gasteiger partial charge < -0.3 is 15.2 Å². The molecule has 2 heterocycles. The molecule has 0 aliphatic rings. The standard InChI is InChI=1S/C21H21N3O2S/c1-13-14(2)27-21-19(13)20(23-12-24-21)22-10-16(25)11-26-18-9-5-7-15-6-3-4-8-17(15)18/h3-9,12,16,25H,10-11H2,1-2H3,(H,22,23,24). The molecule has 0 saturated carbocycles. The molecule has 0 aliphatic heterocycles. The molecular weight excluding hydrogens is 358 g/mol. The summed E-state index contributed by atoms with van der Waals surface area (Å²) in [5.41, 5.74) is 1.18. The van der Waals surface area contributed by atoms with E-state index in [0.29, 0.717) is 6.54 Å². The molecule has 0 fully saturated rings. The molecule has 4 aromatic rings. The second kappa shape index (κ2) is 7.50. The van der Waals surface area contributed by atoms with Gasteiger partial charge in [0.15, 0.2) is 0 Å². The highest BCUT2D eigenvalue weighted by molar-refractivity contribution is 7.18. The number of nitrogens with zero attached hydrogens (tertiary/aromatic N) is 2. The summed E-state index contributed by atoms with van der Waals surface area (Å²) in [5.74, 6) is 1.53. The van der Waals surface area contributed by atoms with Crippen LogP contribution >= 0.6 is 11.3 Å². The van der Waals surface area contributed by atoms with Gasteiger partial charge in [0.1, 0.15) is 35.4 Å². The first-order valence-electron chi connectivity index (χ1n) is 8.86. The summed E-state index contributed by atoms with van der Waals surface area (Å²) in [7, 11) is 0. The van der Waals surface area contributed by atoms with Gasteiger partial charge in [0.25, 0.3) is 0 Å². The summed E-state index contributed by atoms with van der Waals surface area (Å²) in [6, 6.07) is 14.0. The van der Waals surface area contributed by atoms with E-state index in [1.807, 2.05) is 42.5 Å². The number of aryl methyl sites for hydroxylation is 2. The topological polar surface area (TPSA) is 67.3 Å². The first-order valence-corrected chi connectivity index (χ1v) is 9.68. The fraction of sp³-hybridized carbons (Fsp3) is 0.238. The Bertz CT molecular complexity index is 1090. The Kier molecular flexibility index (Phi) is 4.92. The Morgan fingerprint density at radius 3 is 2.81 bits per heavy atom. The van der Waals surface area contributed by atoms with Gasteiger partial charge >= 0.3 is 0 Å². The van der Waals surface area contributed by atoms with Crippen molar-refractivity contribution < 1.29 is 9.84 Å². The van der Waals surface area contributed by atoms with Crippen molar-refractivity contribution in [1.29, 1.82) is 0 Å². The maximum Gasteiger partial charge on any atom is 0.138 e. The first kappa shape index (κ1) is 17.7. The lowest BCUT2D eigenvalue weighted by molar-refractivity contribution is 0.118. The van der Waals surface area contributed by atoms with Crippen molar-refractivity contribution >= 4 is 38.1 Å². The van der Waals surface area contributed by atoms with Crippen LogP contribution in [0, 0.1) is 13.8 Å². The predicted molar refractivity (Wildman–Crippen MR) is 111 cm³/mol. The Labute approximate surface area is 161 Å². The van der Waals surface area contributed by atoms with Crippen LogP contribution in [0.2, 0.25) is 0 Å². The predicted octanol–water partition coefficient (Wildman–Crippen LogP) is 4.31. The average Bonchev–Trinajstić information content (AvgIpc) is 2.99. The molecule has 27 heavy (non-hydrogen) atoms. The van der Waals surface area contributed by atoms with Crippen LogP contribution in [-0.2, 0) is 0 Å². The smallest absolute Gasteiger partial charge is 0.138 e. The molecule has 4 rings (SSSR count). The average molecular weight is 379 g/mol. The fourth-order valence-electron chi connectivity index (χ4n) is 3.10. The summed E-state index contributed by atoms with van der Waals surface area (Å²) in [6.07, 6.45) is 0.896. The lowest BCUT2D eigenvalue weighted by Crippen LogP contribution is -2.26. The number of aliphatic hydroxyl groups is 1. The second-order valence-corrected chi connectivity index (χ2v) is 7.71. The molecule has 2 N–H and O–H groups in total. The summed E-state index contributed by atoms with van der Waals surface area (Å²) >= 11 is 1.66. The van der Waals surface area contributed by atoms with Gasteiger partial charge in [-0.15, -0.1) is 11.3 Å². The Morgan fingerprint density at radius 2 is 1.93 bits per heavy atom. The molecule has 1 unspecified atom stereocenters. The Hall–Kier alpha value is -2.70. The third kappa shape index (κ3) is 3.59. The molecule has 0 spiro atoms.